The SMILES string of the molecule is CCC1CN(C(=O)c2cnn3cccnc23)CCO1. The molecule has 19 heavy (non-hydrogen) atoms. The predicted octanol–water partition coefficient (Wildman–Crippen LogP) is 0.980. The fourth-order valence-corrected chi connectivity index (χ4v) is 2.30. The van der Waals surface area contributed by atoms with Crippen LogP contribution < -0.4 is 0 Å². The molecule has 2 aromatic heterocycles. The lowest BCUT2D eigenvalue weighted by atomic mass is 10.2. The van der Waals surface area contributed by atoms with E-state index in [1.807, 2.05) is 4.90 Å². The summed E-state index contributed by atoms with van der Waals surface area (Å²) in [4.78, 5) is 18.6. The average Bonchev–Trinajstić information content (AvgIpc) is 2.90. The lowest BCUT2D eigenvalue weighted by molar-refractivity contribution is -0.0225. The Morgan fingerprint density at radius 3 is 3.32 bits per heavy atom. The van der Waals surface area contributed by atoms with Crippen molar-refractivity contribution in [3.8, 4) is 0 Å². The minimum atomic E-state index is -0.0181. The predicted molar refractivity (Wildman–Crippen MR) is 68.9 cm³/mol. The molecule has 0 radical (unpaired) electrons. The molecule has 0 N–H and O–H groups in total. The van der Waals surface area contributed by atoms with E-state index in [0.717, 1.165) is 6.42 Å². The van der Waals surface area contributed by atoms with Crippen LogP contribution in [0, 0.1) is 0 Å². The number of hydrogen-bond donors (Lipinski definition) is 0. The number of rotatable bonds is 2. The third kappa shape index (κ3) is 2.19. The summed E-state index contributed by atoms with van der Waals surface area (Å²) in [5.41, 5.74) is 1.16. The van der Waals surface area contributed by atoms with E-state index in [1.165, 1.54) is 0 Å². The Balaban J connectivity index is 1.87. The number of amides is 1. The summed E-state index contributed by atoms with van der Waals surface area (Å²) < 4.78 is 7.20. The summed E-state index contributed by atoms with van der Waals surface area (Å²) in [7, 11) is 0. The standard InChI is InChI=1S/C13H16N4O2/c1-2-10-9-16(6-7-19-10)13(18)11-8-15-17-5-3-4-14-12(11)17/h3-5,8,10H,2,6-7,9H2,1H3. The molecule has 1 atom stereocenters. The number of hydrogen-bond acceptors (Lipinski definition) is 4. The molecule has 1 amide bonds. The smallest absolute Gasteiger partial charge is 0.259 e. The van der Waals surface area contributed by atoms with Crippen LogP contribution in [-0.4, -0.2) is 51.2 Å². The molecule has 0 bridgehead atoms. The minimum absolute atomic E-state index is 0.0181. The zero-order chi connectivity index (χ0) is 13.2. The van der Waals surface area contributed by atoms with Crippen LogP contribution in [0.5, 0.6) is 0 Å². The van der Waals surface area contributed by atoms with Crippen molar-refractivity contribution in [2.45, 2.75) is 19.4 Å². The van der Waals surface area contributed by atoms with Crippen molar-refractivity contribution < 1.29 is 9.53 Å². The highest BCUT2D eigenvalue weighted by Crippen LogP contribution is 2.14. The van der Waals surface area contributed by atoms with E-state index in [0.29, 0.717) is 30.9 Å². The van der Waals surface area contributed by atoms with Crippen LogP contribution in [-0.2, 0) is 4.74 Å². The maximum absolute atomic E-state index is 12.5. The van der Waals surface area contributed by atoms with Crippen molar-refractivity contribution in [3.63, 3.8) is 0 Å². The Morgan fingerprint density at radius 1 is 1.58 bits per heavy atom. The van der Waals surface area contributed by atoms with Gasteiger partial charge in [-0.1, -0.05) is 6.92 Å². The molecule has 0 saturated carbocycles. The van der Waals surface area contributed by atoms with E-state index >= 15 is 0 Å². The Kier molecular flexibility index (Phi) is 3.16. The molecule has 1 aliphatic rings. The first-order valence-corrected chi connectivity index (χ1v) is 6.49. The fourth-order valence-electron chi connectivity index (χ4n) is 2.30. The van der Waals surface area contributed by atoms with Crippen molar-refractivity contribution >= 4 is 11.6 Å². The zero-order valence-corrected chi connectivity index (χ0v) is 10.8. The van der Waals surface area contributed by atoms with Crippen LogP contribution in [0.15, 0.2) is 24.7 Å². The molecule has 2 aromatic rings. The first-order valence-electron chi connectivity index (χ1n) is 6.49. The number of carbonyl (C=O) groups excluding carboxylic acids is 1. The topological polar surface area (TPSA) is 59.7 Å². The van der Waals surface area contributed by atoms with Gasteiger partial charge in [0.25, 0.3) is 5.91 Å². The Morgan fingerprint density at radius 2 is 2.47 bits per heavy atom. The van der Waals surface area contributed by atoms with Crippen molar-refractivity contribution in [3.05, 3.63) is 30.2 Å². The quantitative estimate of drug-likeness (QED) is 0.807. The van der Waals surface area contributed by atoms with Gasteiger partial charge in [0.05, 0.1) is 18.9 Å². The molecule has 1 unspecified atom stereocenters. The van der Waals surface area contributed by atoms with Crippen LogP contribution in [0.3, 0.4) is 0 Å². The average molecular weight is 260 g/mol. The van der Waals surface area contributed by atoms with Gasteiger partial charge in [0.2, 0.25) is 0 Å². The summed E-state index contributed by atoms with van der Waals surface area (Å²) in [6.07, 6.45) is 6.08. The molecule has 3 rings (SSSR count). The first-order chi connectivity index (χ1) is 9.29. The minimum Gasteiger partial charge on any atom is -0.375 e. The first kappa shape index (κ1) is 12.1. The van der Waals surface area contributed by atoms with Gasteiger partial charge in [0.15, 0.2) is 5.65 Å². The van der Waals surface area contributed by atoms with E-state index in [1.54, 1.807) is 29.2 Å². The van der Waals surface area contributed by atoms with E-state index in [4.69, 9.17) is 4.74 Å². The molecule has 1 fully saturated rings. The van der Waals surface area contributed by atoms with Gasteiger partial charge in [-0.3, -0.25) is 4.79 Å². The molecule has 100 valence electrons. The van der Waals surface area contributed by atoms with Gasteiger partial charge in [0, 0.05) is 25.5 Å². The highest BCUT2D eigenvalue weighted by atomic mass is 16.5. The highest BCUT2D eigenvalue weighted by molar-refractivity contribution is 5.99. The van der Waals surface area contributed by atoms with Gasteiger partial charge in [-0.25, -0.2) is 9.50 Å². The summed E-state index contributed by atoms with van der Waals surface area (Å²) in [5, 5.41) is 4.15. The maximum atomic E-state index is 12.5. The molecule has 1 saturated heterocycles. The Labute approximate surface area is 111 Å². The molecule has 3 heterocycles. The van der Waals surface area contributed by atoms with E-state index in [9.17, 15) is 4.79 Å². The number of ether oxygens (including phenoxy) is 1. The third-order valence-electron chi connectivity index (χ3n) is 3.39. The van der Waals surface area contributed by atoms with Crippen molar-refractivity contribution in [2.24, 2.45) is 0 Å². The largest absolute Gasteiger partial charge is 0.375 e. The molecule has 1 aliphatic heterocycles. The van der Waals surface area contributed by atoms with Crippen LogP contribution in [0.4, 0.5) is 0 Å². The lowest BCUT2D eigenvalue weighted by Crippen LogP contribution is -2.45. The third-order valence-corrected chi connectivity index (χ3v) is 3.39. The van der Waals surface area contributed by atoms with Gasteiger partial charge in [-0.2, -0.15) is 5.10 Å². The number of nitrogens with zero attached hydrogens (tertiary/aromatic N) is 4. The maximum Gasteiger partial charge on any atom is 0.259 e. The monoisotopic (exact) mass is 260 g/mol. The van der Waals surface area contributed by atoms with Gasteiger partial charge in [-0.15, -0.1) is 0 Å². The second kappa shape index (κ2) is 4.97. The van der Waals surface area contributed by atoms with Gasteiger partial charge in [-0.05, 0) is 12.5 Å². The summed E-state index contributed by atoms with van der Waals surface area (Å²) in [6.45, 7) is 3.92. The number of fused-ring (bicyclic) bond motifs is 1. The Bertz CT molecular complexity index is 595. The van der Waals surface area contributed by atoms with Crippen LogP contribution in [0.2, 0.25) is 0 Å². The van der Waals surface area contributed by atoms with Crippen LogP contribution in [0.25, 0.3) is 5.65 Å². The van der Waals surface area contributed by atoms with Gasteiger partial charge >= 0.3 is 0 Å². The molecule has 0 aromatic carbocycles. The van der Waals surface area contributed by atoms with Gasteiger partial charge in [0.1, 0.15) is 5.56 Å². The molecule has 0 aliphatic carbocycles. The van der Waals surface area contributed by atoms with Crippen LogP contribution in [0.1, 0.15) is 23.7 Å². The summed E-state index contributed by atoms with van der Waals surface area (Å²) >= 11 is 0. The molecular formula is C13H16N4O2. The van der Waals surface area contributed by atoms with Crippen molar-refractivity contribution in [1.82, 2.24) is 19.5 Å². The van der Waals surface area contributed by atoms with Gasteiger partial charge < -0.3 is 9.64 Å². The zero-order valence-electron chi connectivity index (χ0n) is 10.8. The second-order valence-electron chi connectivity index (χ2n) is 4.60. The van der Waals surface area contributed by atoms with Crippen molar-refractivity contribution in [2.75, 3.05) is 19.7 Å². The van der Waals surface area contributed by atoms with E-state index in [-0.39, 0.29) is 12.0 Å². The normalized spacial score (nSPS) is 19.8. The Hall–Kier alpha value is -1.95. The number of aromatic nitrogens is 3. The van der Waals surface area contributed by atoms with E-state index < -0.39 is 0 Å². The lowest BCUT2D eigenvalue weighted by Gasteiger charge is -2.32. The van der Waals surface area contributed by atoms with Crippen molar-refractivity contribution in [1.29, 1.82) is 0 Å². The van der Waals surface area contributed by atoms with E-state index in [2.05, 4.69) is 17.0 Å². The van der Waals surface area contributed by atoms with Crippen LogP contribution >= 0.6 is 0 Å². The molecular weight excluding hydrogens is 244 g/mol. The summed E-state index contributed by atoms with van der Waals surface area (Å²) in [5.74, 6) is -0.0181. The fraction of sp³-hybridized carbons (Fsp3) is 0.462. The molecule has 6 heteroatoms. The number of morpholine rings is 1. The molecule has 0 spiro atoms. The summed E-state index contributed by atoms with van der Waals surface area (Å²) in [6, 6.07) is 1.79. The highest BCUT2D eigenvalue weighted by Gasteiger charge is 2.26. The molecule has 6 nitrogen and oxygen atoms in total. The number of carbonyl (C=O) groups is 1. The second-order valence-corrected chi connectivity index (χ2v) is 4.60.